The van der Waals surface area contributed by atoms with Crippen molar-refractivity contribution in [3.05, 3.63) is 63.6 Å². The number of carbonyl (C=O) groups is 2. The Kier molecular flexibility index (Phi) is 4.46. The number of benzene rings is 1. The van der Waals surface area contributed by atoms with E-state index in [0.29, 0.717) is 4.88 Å². The molecule has 122 valence electrons. The normalized spacial score (nSPS) is 10.6. The number of carbonyl (C=O) groups excluding carboxylic acids is 1. The number of carboxylic acid groups (broad SMARTS) is 1. The molecule has 0 aliphatic rings. The van der Waals surface area contributed by atoms with Gasteiger partial charge in [0, 0.05) is 20.7 Å². The van der Waals surface area contributed by atoms with Crippen LogP contribution in [0.5, 0.6) is 0 Å². The Morgan fingerprint density at radius 1 is 1.21 bits per heavy atom. The van der Waals surface area contributed by atoms with E-state index in [1.807, 2.05) is 19.1 Å². The largest absolute Gasteiger partial charge is 0.478 e. The molecule has 3 aromatic rings. The smallest absolute Gasteiger partial charge is 0.339 e. The monoisotopic (exact) mass is 361 g/mol. The van der Waals surface area contributed by atoms with E-state index < -0.39 is 17.7 Å². The molecule has 0 saturated carbocycles. The first kappa shape index (κ1) is 16.4. The number of aromatic carboxylic acids is 1. The van der Waals surface area contributed by atoms with Crippen molar-refractivity contribution >= 4 is 40.2 Å². The third kappa shape index (κ3) is 3.22. The van der Waals surface area contributed by atoms with E-state index in [-0.39, 0.29) is 16.8 Å². The van der Waals surface area contributed by atoms with Crippen molar-refractivity contribution in [3.8, 4) is 9.75 Å². The third-order valence-electron chi connectivity index (χ3n) is 3.30. The van der Waals surface area contributed by atoms with E-state index in [1.165, 1.54) is 40.9 Å². The molecule has 0 aliphatic heterocycles. The van der Waals surface area contributed by atoms with Crippen molar-refractivity contribution in [1.29, 1.82) is 0 Å². The van der Waals surface area contributed by atoms with Crippen LogP contribution in [-0.2, 0) is 0 Å². The van der Waals surface area contributed by atoms with Gasteiger partial charge >= 0.3 is 5.97 Å². The fraction of sp³-hybridized carbons (Fsp3) is 0.0588. The molecule has 1 amide bonds. The van der Waals surface area contributed by atoms with Crippen molar-refractivity contribution in [2.75, 3.05) is 5.32 Å². The summed E-state index contributed by atoms with van der Waals surface area (Å²) in [6, 6.07) is 9.00. The maximum absolute atomic E-state index is 13.2. The summed E-state index contributed by atoms with van der Waals surface area (Å²) in [7, 11) is 0. The van der Waals surface area contributed by atoms with E-state index in [0.717, 1.165) is 15.8 Å². The summed E-state index contributed by atoms with van der Waals surface area (Å²) >= 11 is 2.74. The maximum atomic E-state index is 13.2. The van der Waals surface area contributed by atoms with Crippen molar-refractivity contribution in [3.63, 3.8) is 0 Å². The highest BCUT2D eigenvalue weighted by atomic mass is 32.1. The Hall–Kier alpha value is -2.51. The van der Waals surface area contributed by atoms with Gasteiger partial charge in [-0.3, -0.25) is 4.79 Å². The Morgan fingerprint density at radius 3 is 2.62 bits per heavy atom. The van der Waals surface area contributed by atoms with Crippen LogP contribution in [0.2, 0.25) is 0 Å². The van der Waals surface area contributed by atoms with Gasteiger partial charge in [-0.15, -0.1) is 22.7 Å². The van der Waals surface area contributed by atoms with Crippen molar-refractivity contribution < 1.29 is 19.1 Å². The SMILES string of the molecule is Cc1ccc(-c2scc(NC(=O)c3cccc(F)c3)c2C(=O)O)s1. The first-order valence-corrected chi connectivity index (χ1v) is 8.64. The van der Waals surface area contributed by atoms with Crippen LogP contribution in [0.25, 0.3) is 9.75 Å². The predicted molar refractivity (Wildman–Crippen MR) is 93.7 cm³/mol. The standard InChI is InChI=1S/C17H12FNO3S2/c1-9-5-6-13(24-9)15-14(17(21)22)12(8-23-15)19-16(20)10-3-2-4-11(18)7-10/h2-8H,1H3,(H,19,20)(H,21,22). The molecule has 2 aromatic heterocycles. The molecule has 0 unspecified atom stereocenters. The number of thiophene rings is 2. The minimum absolute atomic E-state index is 0.0478. The zero-order chi connectivity index (χ0) is 17.3. The third-order valence-corrected chi connectivity index (χ3v) is 5.46. The number of amides is 1. The van der Waals surface area contributed by atoms with Crippen LogP contribution in [-0.4, -0.2) is 17.0 Å². The van der Waals surface area contributed by atoms with E-state index in [2.05, 4.69) is 5.32 Å². The lowest BCUT2D eigenvalue weighted by atomic mass is 10.1. The van der Waals surface area contributed by atoms with Crippen LogP contribution in [0.15, 0.2) is 41.8 Å². The van der Waals surface area contributed by atoms with Crippen LogP contribution in [0.1, 0.15) is 25.6 Å². The van der Waals surface area contributed by atoms with Gasteiger partial charge in [0.1, 0.15) is 11.4 Å². The van der Waals surface area contributed by atoms with Gasteiger partial charge in [-0.1, -0.05) is 6.07 Å². The van der Waals surface area contributed by atoms with Crippen molar-refractivity contribution in [2.24, 2.45) is 0 Å². The fourth-order valence-corrected chi connectivity index (χ4v) is 4.22. The summed E-state index contributed by atoms with van der Waals surface area (Å²) in [6.07, 6.45) is 0. The lowest BCUT2D eigenvalue weighted by Gasteiger charge is -2.06. The molecule has 0 bridgehead atoms. The number of hydrogen-bond acceptors (Lipinski definition) is 4. The molecule has 0 radical (unpaired) electrons. The quantitative estimate of drug-likeness (QED) is 0.696. The summed E-state index contributed by atoms with van der Waals surface area (Å²) in [5, 5.41) is 13.7. The molecule has 0 atom stereocenters. The zero-order valence-electron chi connectivity index (χ0n) is 12.5. The summed E-state index contributed by atoms with van der Waals surface area (Å²) in [6.45, 7) is 1.94. The van der Waals surface area contributed by atoms with Crippen LogP contribution in [0.4, 0.5) is 10.1 Å². The van der Waals surface area contributed by atoms with Crippen LogP contribution in [0.3, 0.4) is 0 Å². The van der Waals surface area contributed by atoms with Crippen LogP contribution >= 0.6 is 22.7 Å². The topological polar surface area (TPSA) is 66.4 Å². The molecule has 0 saturated heterocycles. The number of hydrogen-bond donors (Lipinski definition) is 2. The average Bonchev–Trinajstić information content (AvgIpc) is 3.13. The number of anilines is 1. The average molecular weight is 361 g/mol. The summed E-state index contributed by atoms with van der Waals surface area (Å²) < 4.78 is 13.2. The molecule has 0 spiro atoms. The molecule has 4 nitrogen and oxygen atoms in total. The lowest BCUT2D eigenvalue weighted by molar-refractivity contribution is 0.0699. The highest BCUT2D eigenvalue weighted by molar-refractivity contribution is 7.21. The van der Waals surface area contributed by atoms with Crippen LogP contribution < -0.4 is 5.32 Å². The maximum Gasteiger partial charge on any atom is 0.339 e. The lowest BCUT2D eigenvalue weighted by Crippen LogP contribution is -2.14. The Balaban J connectivity index is 1.95. The van der Waals surface area contributed by atoms with Gasteiger partial charge in [-0.25, -0.2) is 9.18 Å². The van der Waals surface area contributed by atoms with Gasteiger partial charge in [-0.05, 0) is 37.3 Å². The van der Waals surface area contributed by atoms with Gasteiger partial charge < -0.3 is 10.4 Å². The number of aryl methyl sites for hydroxylation is 1. The number of nitrogens with one attached hydrogen (secondary N) is 1. The summed E-state index contributed by atoms with van der Waals surface area (Å²) in [5.41, 5.74) is 0.389. The molecule has 3 rings (SSSR count). The number of halogens is 1. The van der Waals surface area contributed by atoms with Gasteiger partial charge in [0.05, 0.1) is 10.6 Å². The molecule has 0 fully saturated rings. The van der Waals surface area contributed by atoms with E-state index >= 15 is 0 Å². The molecule has 0 aliphatic carbocycles. The second-order valence-electron chi connectivity index (χ2n) is 5.03. The van der Waals surface area contributed by atoms with Crippen molar-refractivity contribution in [2.45, 2.75) is 6.92 Å². The Labute approximate surface area is 145 Å². The van der Waals surface area contributed by atoms with Gasteiger partial charge in [0.25, 0.3) is 5.91 Å². The van der Waals surface area contributed by atoms with E-state index in [4.69, 9.17) is 0 Å². The zero-order valence-corrected chi connectivity index (χ0v) is 14.1. The molecular weight excluding hydrogens is 349 g/mol. The molecule has 1 aromatic carbocycles. The number of carboxylic acids is 1. The first-order valence-electron chi connectivity index (χ1n) is 6.94. The van der Waals surface area contributed by atoms with Gasteiger partial charge in [-0.2, -0.15) is 0 Å². The highest BCUT2D eigenvalue weighted by Crippen LogP contribution is 2.39. The van der Waals surface area contributed by atoms with E-state index in [9.17, 15) is 19.1 Å². The molecule has 2 heterocycles. The molecule has 7 heteroatoms. The Morgan fingerprint density at radius 2 is 2.00 bits per heavy atom. The second-order valence-corrected chi connectivity index (χ2v) is 7.20. The van der Waals surface area contributed by atoms with Gasteiger partial charge in [0.2, 0.25) is 0 Å². The summed E-state index contributed by atoms with van der Waals surface area (Å²) in [4.78, 5) is 26.4. The number of rotatable bonds is 4. The molecular formula is C17H12FNO3S2. The summed E-state index contributed by atoms with van der Waals surface area (Å²) in [5.74, 6) is -2.20. The second kappa shape index (κ2) is 6.54. The molecule has 2 N–H and O–H groups in total. The fourth-order valence-electron chi connectivity index (χ4n) is 2.22. The van der Waals surface area contributed by atoms with E-state index in [1.54, 1.807) is 5.38 Å². The van der Waals surface area contributed by atoms with Crippen LogP contribution in [0, 0.1) is 12.7 Å². The first-order chi connectivity index (χ1) is 11.5. The highest BCUT2D eigenvalue weighted by Gasteiger charge is 2.22. The van der Waals surface area contributed by atoms with Gasteiger partial charge in [0.15, 0.2) is 0 Å². The predicted octanol–water partition coefficient (Wildman–Crippen LogP) is 4.87. The Bertz CT molecular complexity index is 930. The van der Waals surface area contributed by atoms with Crippen molar-refractivity contribution in [1.82, 2.24) is 0 Å². The minimum Gasteiger partial charge on any atom is -0.478 e. The molecule has 24 heavy (non-hydrogen) atoms. The minimum atomic E-state index is -1.12.